The number of hydrogen-bond donors (Lipinski definition) is 0. The van der Waals surface area contributed by atoms with E-state index in [1.807, 2.05) is 30.6 Å². The molecular formula is C40H28N4. The van der Waals surface area contributed by atoms with Crippen molar-refractivity contribution in [3.8, 4) is 44.9 Å². The Kier molecular flexibility index (Phi) is 6.20. The molecule has 4 heteroatoms. The summed E-state index contributed by atoms with van der Waals surface area (Å²) in [6.45, 7) is 4.29. The molecule has 3 aromatic heterocycles. The van der Waals surface area contributed by atoms with Crippen LogP contribution in [-0.2, 0) is 0 Å². The van der Waals surface area contributed by atoms with Gasteiger partial charge in [-0.2, -0.15) is 0 Å². The van der Waals surface area contributed by atoms with Gasteiger partial charge in [-0.15, -0.1) is 0 Å². The van der Waals surface area contributed by atoms with Gasteiger partial charge in [0, 0.05) is 50.8 Å². The predicted molar refractivity (Wildman–Crippen MR) is 181 cm³/mol. The van der Waals surface area contributed by atoms with Gasteiger partial charge in [0.1, 0.15) is 0 Å². The summed E-state index contributed by atoms with van der Waals surface area (Å²) in [5.74, 6) is 0.723. The fourth-order valence-electron chi connectivity index (χ4n) is 6.26. The summed E-state index contributed by atoms with van der Waals surface area (Å²) in [5, 5.41) is 3.30. The van der Waals surface area contributed by atoms with E-state index in [2.05, 4.69) is 127 Å². The molecule has 4 nitrogen and oxygen atoms in total. The number of fused-ring (bicyclic) bond motifs is 3. The number of aromatic nitrogens is 4. The van der Waals surface area contributed by atoms with Crippen molar-refractivity contribution in [1.29, 1.82) is 0 Å². The van der Waals surface area contributed by atoms with Crippen molar-refractivity contribution in [1.82, 2.24) is 19.9 Å². The van der Waals surface area contributed by atoms with E-state index in [1.165, 1.54) is 0 Å². The third-order valence-electron chi connectivity index (χ3n) is 8.44. The molecule has 0 radical (unpaired) electrons. The molecule has 44 heavy (non-hydrogen) atoms. The molecule has 3 heterocycles. The fourth-order valence-corrected chi connectivity index (χ4v) is 6.26. The molecule has 8 rings (SSSR count). The van der Waals surface area contributed by atoms with Crippen molar-refractivity contribution in [3.63, 3.8) is 0 Å². The summed E-state index contributed by atoms with van der Waals surface area (Å²) in [7, 11) is 0. The first-order chi connectivity index (χ1) is 21.6. The second kappa shape index (κ2) is 10.5. The van der Waals surface area contributed by atoms with Crippen LogP contribution in [0.4, 0.5) is 0 Å². The number of pyridine rings is 2. The van der Waals surface area contributed by atoms with Crippen LogP contribution in [0.5, 0.6) is 0 Å². The third-order valence-corrected chi connectivity index (χ3v) is 8.44. The lowest BCUT2D eigenvalue weighted by Gasteiger charge is -2.15. The van der Waals surface area contributed by atoms with Crippen LogP contribution < -0.4 is 0 Å². The molecule has 0 aliphatic carbocycles. The zero-order chi connectivity index (χ0) is 29.6. The molecule has 8 aromatic rings. The van der Waals surface area contributed by atoms with Crippen LogP contribution in [0.3, 0.4) is 0 Å². The first-order valence-corrected chi connectivity index (χ1v) is 14.8. The smallest absolute Gasteiger partial charge is 0.160 e. The van der Waals surface area contributed by atoms with E-state index in [0.29, 0.717) is 0 Å². The van der Waals surface area contributed by atoms with Gasteiger partial charge in [0.15, 0.2) is 5.82 Å². The SMILES string of the molecule is Cc1cc(-c2cccc3cccnc23)ccc1-c1nc(-c2ccc(-c3cccc4cccnc34)cc2C)c2ccccc2n1. The van der Waals surface area contributed by atoms with Crippen LogP contribution >= 0.6 is 0 Å². The Labute approximate surface area is 255 Å². The van der Waals surface area contributed by atoms with E-state index in [-0.39, 0.29) is 0 Å². The zero-order valence-electron chi connectivity index (χ0n) is 24.5. The van der Waals surface area contributed by atoms with Crippen molar-refractivity contribution in [2.24, 2.45) is 0 Å². The van der Waals surface area contributed by atoms with E-state index in [0.717, 1.165) is 88.7 Å². The van der Waals surface area contributed by atoms with Crippen molar-refractivity contribution in [3.05, 3.63) is 145 Å². The lowest BCUT2D eigenvalue weighted by Crippen LogP contribution is -1.98. The van der Waals surface area contributed by atoms with Crippen LogP contribution in [0.2, 0.25) is 0 Å². The van der Waals surface area contributed by atoms with E-state index < -0.39 is 0 Å². The summed E-state index contributed by atoms with van der Waals surface area (Å²) in [6.07, 6.45) is 3.71. The van der Waals surface area contributed by atoms with E-state index in [1.54, 1.807) is 0 Å². The molecular weight excluding hydrogens is 536 g/mol. The van der Waals surface area contributed by atoms with Crippen LogP contribution in [0.15, 0.2) is 134 Å². The van der Waals surface area contributed by atoms with Crippen molar-refractivity contribution < 1.29 is 0 Å². The molecule has 0 fully saturated rings. The largest absolute Gasteiger partial charge is 0.256 e. The quantitative estimate of drug-likeness (QED) is 0.213. The number of rotatable bonds is 4. The van der Waals surface area contributed by atoms with E-state index in [4.69, 9.17) is 9.97 Å². The van der Waals surface area contributed by atoms with Crippen LogP contribution in [0, 0.1) is 13.8 Å². The first kappa shape index (κ1) is 25.9. The molecule has 0 N–H and O–H groups in total. The Hall–Kier alpha value is -5.74. The number of hydrogen-bond acceptors (Lipinski definition) is 4. The number of benzene rings is 5. The highest BCUT2D eigenvalue weighted by Crippen LogP contribution is 2.36. The summed E-state index contributed by atoms with van der Waals surface area (Å²) >= 11 is 0. The average Bonchev–Trinajstić information content (AvgIpc) is 3.07. The van der Waals surface area contributed by atoms with E-state index in [9.17, 15) is 0 Å². The number of para-hydroxylation sites is 3. The molecule has 0 saturated carbocycles. The lowest BCUT2D eigenvalue weighted by atomic mass is 9.95. The molecule has 0 amide bonds. The number of nitrogens with zero attached hydrogens (tertiary/aromatic N) is 4. The predicted octanol–water partition coefficient (Wildman–Crippen LogP) is 10.0. The monoisotopic (exact) mass is 564 g/mol. The van der Waals surface area contributed by atoms with Gasteiger partial charge in [-0.1, -0.05) is 103 Å². The Morgan fingerprint density at radius 1 is 0.455 bits per heavy atom. The molecule has 5 aromatic carbocycles. The maximum absolute atomic E-state index is 5.23. The normalized spacial score (nSPS) is 11.4. The Balaban J connectivity index is 1.24. The second-order valence-corrected chi connectivity index (χ2v) is 11.2. The van der Waals surface area contributed by atoms with Crippen LogP contribution in [0.25, 0.3) is 77.6 Å². The van der Waals surface area contributed by atoms with Gasteiger partial charge in [-0.25, -0.2) is 9.97 Å². The van der Waals surface area contributed by atoms with Crippen LogP contribution in [-0.4, -0.2) is 19.9 Å². The van der Waals surface area contributed by atoms with Gasteiger partial charge in [0.25, 0.3) is 0 Å². The van der Waals surface area contributed by atoms with Gasteiger partial charge < -0.3 is 0 Å². The number of aryl methyl sites for hydroxylation is 2. The van der Waals surface area contributed by atoms with Gasteiger partial charge in [-0.3, -0.25) is 9.97 Å². The van der Waals surface area contributed by atoms with Crippen LogP contribution in [0.1, 0.15) is 11.1 Å². The highest BCUT2D eigenvalue weighted by Gasteiger charge is 2.16. The van der Waals surface area contributed by atoms with Crippen molar-refractivity contribution in [2.45, 2.75) is 13.8 Å². The molecule has 0 atom stereocenters. The Morgan fingerprint density at radius 2 is 1.02 bits per heavy atom. The third kappa shape index (κ3) is 4.40. The first-order valence-electron chi connectivity index (χ1n) is 14.8. The summed E-state index contributed by atoms with van der Waals surface area (Å²) in [6, 6.07) is 42.2. The fraction of sp³-hybridized carbons (Fsp3) is 0.0500. The van der Waals surface area contributed by atoms with E-state index >= 15 is 0 Å². The van der Waals surface area contributed by atoms with Gasteiger partial charge in [0.2, 0.25) is 0 Å². The highest BCUT2D eigenvalue weighted by atomic mass is 14.9. The topological polar surface area (TPSA) is 51.6 Å². The summed E-state index contributed by atoms with van der Waals surface area (Å²) in [5.41, 5.74) is 12.8. The molecule has 208 valence electrons. The Bertz CT molecular complexity index is 2360. The molecule has 0 bridgehead atoms. The average molecular weight is 565 g/mol. The standard InChI is InChI=1S/C40H28N4/c1-25-23-29(33-14-5-9-27-11-7-21-41-37(27)33)17-19-31(25)39-35-13-3-4-16-36(35)43-40(44-39)32-20-18-30(24-26(32)2)34-15-6-10-28-12-8-22-42-38(28)34/h3-24H,1-2H3. The minimum atomic E-state index is 0.723. The maximum atomic E-state index is 5.23. The minimum absolute atomic E-state index is 0.723. The van der Waals surface area contributed by atoms with Crippen molar-refractivity contribution in [2.75, 3.05) is 0 Å². The second-order valence-electron chi connectivity index (χ2n) is 11.2. The van der Waals surface area contributed by atoms with Gasteiger partial charge >= 0.3 is 0 Å². The lowest BCUT2D eigenvalue weighted by molar-refractivity contribution is 1.21. The van der Waals surface area contributed by atoms with Crippen molar-refractivity contribution >= 4 is 32.7 Å². The minimum Gasteiger partial charge on any atom is -0.256 e. The molecule has 0 spiro atoms. The Morgan fingerprint density at radius 3 is 1.64 bits per heavy atom. The zero-order valence-corrected chi connectivity index (χ0v) is 24.5. The molecule has 0 aliphatic heterocycles. The summed E-state index contributed by atoms with van der Waals surface area (Å²) in [4.78, 5) is 19.6. The van der Waals surface area contributed by atoms with Gasteiger partial charge in [0.05, 0.1) is 22.2 Å². The molecule has 0 aliphatic rings. The molecule has 0 saturated heterocycles. The summed E-state index contributed by atoms with van der Waals surface area (Å²) < 4.78 is 0. The highest BCUT2D eigenvalue weighted by molar-refractivity contribution is 5.97. The molecule has 0 unspecified atom stereocenters. The maximum Gasteiger partial charge on any atom is 0.160 e. The van der Waals surface area contributed by atoms with Gasteiger partial charge in [-0.05, 0) is 54.3 Å².